The largest absolute Gasteiger partial charge is 0.304 e. The minimum absolute atomic E-state index is 0.0176. The van der Waals surface area contributed by atoms with Crippen LogP contribution in [0.15, 0.2) is 41.2 Å². The molecule has 1 atom stereocenters. The number of hydrogen-bond donors (Lipinski definition) is 0. The molecule has 120 valence electrons. The average molecular weight is 311 g/mol. The molecule has 0 bridgehead atoms. The second kappa shape index (κ2) is 5.33. The van der Waals surface area contributed by atoms with Crippen molar-refractivity contribution in [2.24, 2.45) is 7.05 Å². The normalized spacial score (nSPS) is 19.3. The molecule has 1 aliphatic rings. The third-order valence-electron chi connectivity index (χ3n) is 4.54. The van der Waals surface area contributed by atoms with Gasteiger partial charge in [-0.2, -0.15) is 5.10 Å². The molecule has 5 heteroatoms. The lowest BCUT2D eigenvalue weighted by Gasteiger charge is -2.43. The van der Waals surface area contributed by atoms with E-state index in [1.165, 1.54) is 16.8 Å². The summed E-state index contributed by atoms with van der Waals surface area (Å²) >= 11 is 0. The van der Waals surface area contributed by atoms with Crippen molar-refractivity contribution in [3.63, 3.8) is 0 Å². The van der Waals surface area contributed by atoms with Crippen molar-refractivity contribution in [3.8, 4) is 0 Å². The molecule has 1 amide bonds. The topological polar surface area (TPSA) is 55.2 Å². The summed E-state index contributed by atoms with van der Waals surface area (Å²) in [6, 6.07) is 10.9. The van der Waals surface area contributed by atoms with E-state index in [1.807, 2.05) is 18.2 Å². The molecule has 1 aromatic carbocycles. The van der Waals surface area contributed by atoms with Crippen LogP contribution in [0.4, 0.5) is 5.69 Å². The summed E-state index contributed by atoms with van der Waals surface area (Å²) in [7, 11) is 1.55. The standard InChI is InChI=1S/C18H21N3O2/c1-12-11-18(2,3)13-7-5-6-8-15(13)21(12)17(23)14-9-10-16(22)20(4)19-14/h5-10,12H,11H2,1-4H3. The number of rotatable bonds is 1. The summed E-state index contributed by atoms with van der Waals surface area (Å²) in [4.78, 5) is 26.3. The highest BCUT2D eigenvalue weighted by molar-refractivity contribution is 6.06. The number of anilines is 1. The highest BCUT2D eigenvalue weighted by Crippen LogP contribution is 2.42. The zero-order chi connectivity index (χ0) is 16.8. The third-order valence-corrected chi connectivity index (χ3v) is 4.54. The predicted molar refractivity (Wildman–Crippen MR) is 89.8 cm³/mol. The number of amides is 1. The van der Waals surface area contributed by atoms with Crippen molar-refractivity contribution in [3.05, 3.63) is 58.0 Å². The maximum absolute atomic E-state index is 13.0. The van der Waals surface area contributed by atoms with E-state index in [0.29, 0.717) is 0 Å². The van der Waals surface area contributed by atoms with Crippen LogP contribution in [0.25, 0.3) is 0 Å². The van der Waals surface area contributed by atoms with Crippen molar-refractivity contribution in [1.82, 2.24) is 9.78 Å². The Morgan fingerprint density at radius 2 is 1.91 bits per heavy atom. The van der Waals surface area contributed by atoms with Gasteiger partial charge < -0.3 is 4.90 Å². The van der Waals surface area contributed by atoms with Crippen LogP contribution in [-0.2, 0) is 12.5 Å². The van der Waals surface area contributed by atoms with Crippen LogP contribution in [0, 0.1) is 0 Å². The van der Waals surface area contributed by atoms with Crippen LogP contribution >= 0.6 is 0 Å². The zero-order valence-corrected chi connectivity index (χ0v) is 13.9. The molecule has 0 saturated heterocycles. The highest BCUT2D eigenvalue weighted by Gasteiger charge is 2.38. The van der Waals surface area contributed by atoms with Crippen LogP contribution in [0.1, 0.15) is 43.2 Å². The first-order valence-electron chi connectivity index (χ1n) is 7.79. The van der Waals surface area contributed by atoms with Gasteiger partial charge in [0.1, 0.15) is 5.69 Å². The van der Waals surface area contributed by atoms with Gasteiger partial charge in [0.05, 0.1) is 0 Å². The van der Waals surface area contributed by atoms with E-state index in [1.54, 1.807) is 11.9 Å². The lowest BCUT2D eigenvalue weighted by molar-refractivity contribution is 0.0963. The number of fused-ring (bicyclic) bond motifs is 1. The maximum atomic E-state index is 13.0. The number of para-hydroxylation sites is 1. The Morgan fingerprint density at radius 1 is 1.22 bits per heavy atom. The molecule has 0 saturated carbocycles. The molecule has 1 aromatic heterocycles. The molecule has 5 nitrogen and oxygen atoms in total. The molecule has 2 aromatic rings. The molecule has 0 N–H and O–H groups in total. The van der Waals surface area contributed by atoms with Gasteiger partial charge in [0.25, 0.3) is 11.5 Å². The fraction of sp³-hybridized carbons (Fsp3) is 0.389. The smallest absolute Gasteiger partial charge is 0.278 e. The second-order valence-corrected chi connectivity index (χ2v) is 6.81. The van der Waals surface area contributed by atoms with E-state index in [0.717, 1.165) is 17.7 Å². The summed E-state index contributed by atoms with van der Waals surface area (Å²) in [5, 5.41) is 4.10. The Morgan fingerprint density at radius 3 is 2.61 bits per heavy atom. The monoisotopic (exact) mass is 311 g/mol. The quantitative estimate of drug-likeness (QED) is 0.813. The van der Waals surface area contributed by atoms with E-state index in [-0.39, 0.29) is 28.6 Å². The van der Waals surface area contributed by atoms with Gasteiger partial charge in [0.15, 0.2) is 0 Å². The van der Waals surface area contributed by atoms with E-state index >= 15 is 0 Å². The van der Waals surface area contributed by atoms with Gasteiger partial charge in [-0.25, -0.2) is 4.68 Å². The van der Waals surface area contributed by atoms with Crippen LogP contribution in [-0.4, -0.2) is 21.7 Å². The molecule has 0 aliphatic carbocycles. The Hall–Kier alpha value is -2.43. The zero-order valence-electron chi connectivity index (χ0n) is 13.9. The van der Waals surface area contributed by atoms with Crippen molar-refractivity contribution in [2.45, 2.75) is 38.6 Å². The van der Waals surface area contributed by atoms with Crippen LogP contribution in [0.3, 0.4) is 0 Å². The average Bonchev–Trinajstić information content (AvgIpc) is 2.49. The van der Waals surface area contributed by atoms with Crippen LogP contribution in [0.2, 0.25) is 0 Å². The molecule has 0 spiro atoms. The number of hydrogen-bond acceptors (Lipinski definition) is 3. The fourth-order valence-electron chi connectivity index (χ4n) is 3.48. The van der Waals surface area contributed by atoms with E-state index in [2.05, 4.69) is 31.9 Å². The van der Waals surface area contributed by atoms with Crippen molar-refractivity contribution in [1.29, 1.82) is 0 Å². The lowest BCUT2D eigenvalue weighted by atomic mass is 9.75. The SMILES string of the molecule is CC1CC(C)(C)c2ccccc2N1C(=O)c1ccc(=O)n(C)n1. The Bertz CT molecular complexity index is 823. The number of nitrogens with zero attached hydrogens (tertiary/aromatic N) is 3. The first-order chi connectivity index (χ1) is 10.8. The lowest BCUT2D eigenvalue weighted by Crippen LogP contribution is -2.47. The van der Waals surface area contributed by atoms with Crippen molar-refractivity contribution in [2.75, 3.05) is 4.90 Å². The number of carbonyl (C=O) groups is 1. The van der Waals surface area contributed by atoms with Gasteiger partial charge >= 0.3 is 0 Å². The Balaban J connectivity index is 2.09. The summed E-state index contributed by atoms with van der Waals surface area (Å²) in [5.74, 6) is -0.170. The molecule has 0 fully saturated rings. The third kappa shape index (κ3) is 2.56. The van der Waals surface area contributed by atoms with Gasteiger partial charge in [-0.05, 0) is 36.5 Å². The second-order valence-electron chi connectivity index (χ2n) is 6.81. The highest BCUT2D eigenvalue weighted by atomic mass is 16.2. The van der Waals surface area contributed by atoms with Gasteiger partial charge in [-0.1, -0.05) is 32.0 Å². The molecule has 1 unspecified atom stereocenters. The van der Waals surface area contributed by atoms with Crippen LogP contribution < -0.4 is 10.5 Å². The summed E-state index contributed by atoms with van der Waals surface area (Å²) in [5.41, 5.74) is 2.17. The molecule has 2 heterocycles. The van der Waals surface area contributed by atoms with Gasteiger partial charge in [0.2, 0.25) is 0 Å². The summed E-state index contributed by atoms with van der Waals surface area (Å²) in [6.45, 7) is 6.46. The number of benzene rings is 1. The molecule has 3 rings (SSSR count). The summed E-state index contributed by atoms with van der Waals surface area (Å²) < 4.78 is 1.19. The fourth-order valence-corrected chi connectivity index (χ4v) is 3.48. The Kier molecular flexibility index (Phi) is 3.59. The molecule has 1 aliphatic heterocycles. The summed E-state index contributed by atoms with van der Waals surface area (Å²) in [6.07, 6.45) is 0.877. The van der Waals surface area contributed by atoms with Crippen molar-refractivity contribution < 1.29 is 4.79 Å². The molecular weight excluding hydrogens is 290 g/mol. The van der Waals surface area contributed by atoms with Crippen LogP contribution in [0.5, 0.6) is 0 Å². The number of aryl methyl sites for hydroxylation is 1. The number of aromatic nitrogens is 2. The molecule has 0 radical (unpaired) electrons. The van der Waals surface area contributed by atoms with E-state index in [4.69, 9.17) is 0 Å². The van der Waals surface area contributed by atoms with Crippen molar-refractivity contribution >= 4 is 11.6 Å². The maximum Gasteiger partial charge on any atom is 0.278 e. The first kappa shape index (κ1) is 15.5. The van der Waals surface area contributed by atoms with E-state index in [9.17, 15) is 9.59 Å². The minimum Gasteiger partial charge on any atom is -0.304 e. The van der Waals surface area contributed by atoms with Gasteiger partial charge in [-0.3, -0.25) is 9.59 Å². The minimum atomic E-state index is -0.227. The van der Waals surface area contributed by atoms with Gasteiger partial charge in [-0.15, -0.1) is 0 Å². The van der Waals surface area contributed by atoms with Gasteiger partial charge in [0, 0.05) is 24.8 Å². The molecular formula is C18H21N3O2. The molecule has 23 heavy (non-hydrogen) atoms. The van der Waals surface area contributed by atoms with E-state index < -0.39 is 0 Å². The first-order valence-corrected chi connectivity index (χ1v) is 7.79. The number of carbonyl (C=O) groups excluding carboxylic acids is 1. The Labute approximate surface area is 135 Å². The predicted octanol–water partition coefficient (Wildman–Crippen LogP) is 2.50.